The Balaban J connectivity index is 1.48. The maximum absolute atomic E-state index is 13.4. The number of benzene rings is 1. The normalized spacial score (nSPS) is 21.8. The Morgan fingerprint density at radius 2 is 1.96 bits per heavy atom. The number of rotatable bonds is 3. The molecule has 8 heteroatoms. The van der Waals surface area contributed by atoms with Crippen molar-refractivity contribution in [3.63, 3.8) is 0 Å². The summed E-state index contributed by atoms with van der Waals surface area (Å²) < 4.78 is 38.0. The van der Waals surface area contributed by atoms with Gasteiger partial charge in [0.15, 0.2) is 5.79 Å². The average Bonchev–Trinajstić information content (AvgIpc) is 3.18. The van der Waals surface area contributed by atoms with E-state index in [4.69, 9.17) is 9.47 Å². The molecule has 1 saturated carbocycles. The molecule has 1 spiro atoms. The summed E-state index contributed by atoms with van der Waals surface area (Å²) in [5, 5.41) is 4.45. The second-order valence-electron chi connectivity index (χ2n) is 5.96. The van der Waals surface area contributed by atoms with Gasteiger partial charge in [-0.1, -0.05) is 0 Å². The molecule has 1 unspecified atom stereocenters. The summed E-state index contributed by atoms with van der Waals surface area (Å²) >= 11 is 0. The van der Waals surface area contributed by atoms with Crippen molar-refractivity contribution in [2.24, 2.45) is 0 Å². The molecule has 2 amide bonds. The lowest BCUT2D eigenvalue weighted by Gasteiger charge is -2.21. The lowest BCUT2D eigenvalue weighted by Crippen LogP contribution is -2.40. The molecule has 0 aromatic heterocycles. The predicted molar refractivity (Wildman–Crippen MR) is 80.0 cm³/mol. The van der Waals surface area contributed by atoms with E-state index in [0.29, 0.717) is 6.61 Å². The average molecular weight is 340 g/mol. The molecule has 0 bridgehead atoms. The lowest BCUT2D eigenvalue weighted by molar-refractivity contribution is -0.161. The summed E-state index contributed by atoms with van der Waals surface area (Å²) in [6.45, 7) is 0.458. The van der Waals surface area contributed by atoms with E-state index in [9.17, 15) is 18.4 Å². The van der Waals surface area contributed by atoms with Gasteiger partial charge in [0.05, 0.1) is 12.3 Å². The summed E-state index contributed by atoms with van der Waals surface area (Å²) in [6, 6.07) is 2.59. The highest BCUT2D eigenvalue weighted by Crippen LogP contribution is 2.38. The van der Waals surface area contributed by atoms with Gasteiger partial charge in [-0.2, -0.15) is 0 Å². The molecule has 1 aliphatic heterocycles. The Kier molecular flexibility index (Phi) is 4.77. The largest absolute Gasteiger partial charge is 0.347 e. The standard InChI is InChI=1S/C16H18F2N2O4/c17-10-3-4-12(18)13(7-10)20-15(22)14(21)19-8-11-9-23-16(24-11)5-1-2-6-16/h3-4,7,11H,1-2,5-6,8-9H2,(H,19,21)(H,20,22). The van der Waals surface area contributed by atoms with E-state index in [2.05, 4.69) is 5.32 Å². The minimum atomic E-state index is -1.08. The van der Waals surface area contributed by atoms with Gasteiger partial charge >= 0.3 is 11.8 Å². The molecule has 1 aliphatic carbocycles. The van der Waals surface area contributed by atoms with Crippen LogP contribution in [0.2, 0.25) is 0 Å². The van der Waals surface area contributed by atoms with Gasteiger partial charge in [0, 0.05) is 25.5 Å². The number of amides is 2. The number of carbonyl (C=O) groups is 2. The smallest absolute Gasteiger partial charge is 0.313 e. The van der Waals surface area contributed by atoms with E-state index in [-0.39, 0.29) is 18.3 Å². The number of hydrogen-bond donors (Lipinski definition) is 2. The topological polar surface area (TPSA) is 76.7 Å². The van der Waals surface area contributed by atoms with Crippen molar-refractivity contribution in [1.82, 2.24) is 5.32 Å². The molecule has 2 N–H and O–H groups in total. The molecule has 0 radical (unpaired) electrons. The zero-order chi connectivity index (χ0) is 17.2. The van der Waals surface area contributed by atoms with Gasteiger partial charge in [0.25, 0.3) is 0 Å². The van der Waals surface area contributed by atoms with Crippen molar-refractivity contribution < 1.29 is 27.8 Å². The van der Waals surface area contributed by atoms with Gasteiger partial charge < -0.3 is 20.1 Å². The highest BCUT2D eigenvalue weighted by Gasteiger charge is 2.43. The first-order valence-corrected chi connectivity index (χ1v) is 7.83. The molecular formula is C16H18F2N2O4. The van der Waals surface area contributed by atoms with Crippen molar-refractivity contribution >= 4 is 17.5 Å². The second-order valence-corrected chi connectivity index (χ2v) is 5.96. The van der Waals surface area contributed by atoms with Gasteiger partial charge in [-0.15, -0.1) is 0 Å². The molecule has 1 saturated heterocycles. The minimum Gasteiger partial charge on any atom is -0.347 e. The zero-order valence-electron chi connectivity index (χ0n) is 12.9. The predicted octanol–water partition coefficient (Wildman–Crippen LogP) is 1.71. The number of nitrogens with one attached hydrogen (secondary N) is 2. The first kappa shape index (κ1) is 16.8. The van der Waals surface area contributed by atoms with Crippen molar-refractivity contribution in [3.8, 4) is 0 Å². The first-order valence-electron chi connectivity index (χ1n) is 7.83. The van der Waals surface area contributed by atoms with Crippen LogP contribution in [0.5, 0.6) is 0 Å². The number of carbonyl (C=O) groups excluding carboxylic acids is 2. The van der Waals surface area contributed by atoms with E-state index in [0.717, 1.165) is 43.9 Å². The molecular weight excluding hydrogens is 322 g/mol. The Morgan fingerprint density at radius 1 is 1.21 bits per heavy atom. The van der Waals surface area contributed by atoms with Gasteiger partial charge in [-0.3, -0.25) is 9.59 Å². The Morgan fingerprint density at radius 3 is 2.71 bits per heavy atom. The van der Waals surface area contributed by atoms with Crippen molar-refractivity contribution in [2.75, 3.05) is 18.5 Å². The fraction of sp³-hybridized carbons (Fsp3) is 0.500. The second kappa shape index (κ2) is 6.82. The Labute approximate surface area is 137 Å². The van der Waals surface area contributed by atoms with Crippen LogP contribution in [0, 0.1) is 11.6 Å². The van der Waals surface area contributed by atoms with Crippen LogP contribution >= 0.6 is 0 Å². The molecule has 3 rings (SSSR count). The van der Waals surface area contributed by atoms with Crippen LogP contribution in [-0.2, 0) is 19.1 Å². The van der Waals surface area contributed by atoms with Crippen LogP contribution in [-0.4, -0.2) is 36.9 Å². The zero-order valence-corrected chi connectivity index (χ0v) is 12.9. The van der Waals surface area contributed by atoms with Crippen LogP contribution in [0.1, 0.15) is 25.7 Å². The van der Waals surface area contributed by atoms with E-state index >= 15 is 0 Å². The fourth-order valence-corrected chi connectivity index (χ4v) is 2.95. The third-order valence-corrected chi connectivity index (χ3v) is 4.15. The number of halogens is 2. The van der Waals surface area contributed by atoms with E-state index < -0.39 is 29.2 Å². The third-order valence-electron chi connectivity index (χ3n) is 4.15. The molecule has 1 atom stereocenters. The summed E-state index contributed by atoms with van der Waals surface area (Å²) in [5.74, 6) is -4.11. The van der Waals surface area contributed by atoms with Gasteiger partial charge in [0.1, 0.15) is 17.7 Å². The van der Waals surface area contributed by atoms with Crippen molar-refractivity contribution in [1.29, 1.82) is 0 Å². The van der Waals surface area contributed by atoms with Crippen LogP contribution in [0.25, 0.3) is 0 Å². The highest BCUT2D eigenvalue weighted by atomic mass is 19.1. The molecule has 1 heterocycles. The summed E-state index contributed by atoms with van der Waals surface area (Å²) in [4.78, 5) is 23.5. The van der Waals surface area contributed by atoms with Gasteiger partial charge in [-0.05, 0) is 25.0 Å². The van der Waals surface area contributed by atoms with Gasteiger partial charge in [-0.25, -0.2) is 8.78 Å². The number of anilines is 1. The fourth-order valence-electron chi connectivity index (χ4n) is 2.95. The van der Waals surface area contributed by atoms with Crippen LogP contribution in [0.4, 0.5) is 14.5 Å². The molecule has 6 nitrogen and oxygen atoms in total. The van der Waals surface area contributed by atoms with Crippen LogP contribution in [0.15, 0.2) is 18.2 Å². The maximum atomic E-state index is 13.4. The highest BCUT2D eigenvalue weighted by molar-refractivity contribution is 6.39. The third kappa shape index (κ3) is 3.70. The Bertz CT molecular complexity index is 647. The van der Waals surface area contributed by atoms with Gasteiger partial charge in [0.2, 0.25) is 0 Å². The van der Waals surface area contributed by atoms with Crippen LogP contribution in [0.3, 0.4) is 0 Å². The summed E-state index contributed by atoms with van der Waals surface area (Å²) in [6.07, 6.45) is 3.42. The molecule has 24 heavy (non-hydrogen) atoms. The quantitative estimate of drug-likeness (QED) is 0.821. The maximum Gasteiger partial charge on any atom is 0.313 e. The molecule has 130 valence electrons. The van der Waals surface area contributed by atoms with Crippen molar-refractivity contribution in [3.05, 3.63) is 29.8 Å². The Hall–Kier alpha value is -2.06. The minimum absolute atomic E-state index is 0.111. The van der Waals surface area contributed by atoms with E-state index in [1.165, 1.54) is 0 Å². The SMILES string of the molecule is O=C(NCC1COC2(CCCC2)O1)C(=O)Nc1cc(F)ccc1F. The van der Waals surface area contributed by atoms with E-state index in [1.807, 2.05) is 5.32 Å². The number of ether oxygens (including phenoxy) is 2. The summed E-state index contributed by atoms with van der Waals surface area (Å²) in [5.41, 5.74) is -0.388. The molecule has 2 fully saturated rings. The van der Waals surface area contributed by atoms with Crippen LogP contribution < -0.4 is 10.6 Å². The van der Waals surface area contributed by atoms with Crippen molar-refractivity contribution in [2.45, 2.75) is 37.6 Å². The first-order chi connectivity index (χ1) is 11.5. The monoisotopic (exact) mass is 340 g/mol. The summed E-state index contributed by atoms with van der Waals surface area (Å²) in [7, 11) is 0. The molecule has 1 aromatic carbocycles. The molecule has 2 aliphatic rings. The molecule has 1 aromatic rings. The lowest BCUT2D eigenvalue weighted by atomic mass is 10.2. The van der Waals surface area contributed by atoms with E-state index in [1.54, 1.807) is 0 Å². The number of hydrogen-bond acceptors (Lipinski definition) is 4.